The number of nitriles is 1. The molecule has 2 aromatic carbocycles. The zero-order chi connectivity index (χ0) is 22.7. The van der Waals surface area contributed by atoms with Crippen LogP contribution in [0.4, 0.5) is 5.69 Å². The summed E-state index contributed by atoms with van der Waals surface area (Å²) in [6, 6.07) is 17.5. The van der Waals surface area contributed by atoms with Gasteiger partial charge in [-0.05, 0) is 31.2 Å². The monoisotopic (exact) mass is 442 g/mol. The summed E-state index contributed by atoms with van der Waals surface area (Å²) in [6.45, 7) is 2.26. The Morgan fingerprint density at radius 2 is 1.68 bits per heavy atom. The van der Waals surface area contributed by atoms with Crippen LogP contribution in [-0.4, -0.2) is 39.9 Å². The van der Waals surface area contributed by atoms with Gasteiger partial charge in [0.15, 0.2) is 0 Å². The Bertz CT molecular complexity index is 1020. The second-order valence-electron chi connectivity index (χ2n) is 6.85. The van der Waals surface area contributed by atoms with Crippen molar-refractivity contribution in [1.29, 1.82) is 5.26 Å². The number of para-hydroxylation sites is 1. The summed E-state index contributed by atoms with van der Waals surface area (Å²) >= 11 is 0. The molecule has 164 valence electrons. The van der Waals surface area contributed by atoms with Gasteiger partial charge in [-0.1, -0.05) is 35.9 Å². The van der Waals surface area contributed by atoms with Gasteiger partial charge in [-0.2, -0.15) is 5.26 Å². The zero-order valence-corrected chi connectivity index (χ0v) is 18.2. The molecule has 0 atom stereocenters. The number of rotatable bonds is 11. The molecule has 0 saturated heterocycles. The molecule has 2 rings (SSSR count). The summed E-state index contributed by atoms with van der Waals surface area (Å²) in [5.41, 5.74) is 1.63. The van der Waals surface area contributed by atoms with E-state index in [1.807, 2.05) is 19.1 Å². The highest BCUT2D eigenvalue weighted by Crippen LogP contribution is 2.15. The maximum absolute atomic E-state index is 12.5. The molecule has 9 heteroatoms. The Kier molecular flexibility index (Phi) is 9.18. The minimum Gasteiger partial charge on any atom is -0.355 e. The van der Waals surface area contributed by atoms with Gasteiger partial charge >= 0.3 is 0 Å². The van der Waals surface area contributed by atoms with Gasteiger partial charge in [0.05, 0.1) is 17.4 Å². The summed E-state index contributed by atoms with van der Waals surface area (Å²) in [5.74, 6) is -0.604. The van der Waals surface area contributed by atoms with Gasteiger partial charge in [0.2, 0.25) is 21.8 Å². The number of anilines is 1. The minimum atomic E-state index is -3.64. The second-order valence-corrected chi connectivity index (χ2v) is 8.62. The van der Waals surface area contributed by atoms with Crippen LogP contribution in [0, 0.1) is 18.3 Å². The molecule has 0 spiro atoms. The lowest BCUT2D eigenvalue weighted by atomic mass is 10.2. The Hall–Kier alpha value is -3.22. The lowest BCUT2D eigenvalue weighted by Gasteiger charge is -2.21. The van der Waals surface area contributed by atoms with E-state index in [4.69, 9.17) is 5.26 Å². The molecule has 8 nitrogen and oxygen atoms in total. The lowest BCUT2D eigenvalue weighted by Crippen LogP contribution is -2.36. The highest BCUT2D eigenvalue weighted by molar-refractivity contribution is 7.89. The van der Waals surface area contributed by atoms with Gasteiger partial charge in [0.25, 0.3) is 0 Å². The summed E-state index contributed by atoms with van der Waals surface area (Å²) in [4.78, 5) is 26.2. The first-order chi connectivity index (χ1) is 14.8. The Morgan fingerprint density at radius 3 is 2.32 bits per heavy atom. The van der Waals surface area contributed by atoms with E-state index >= 15 is 0 Å². The fraction of sp³-hybridized carbons (Fsp3) is 0.318. The van der Waals surface area contributed by atoms with Crippen LogP contribution in [0.1, 0.15) is 24.8 Å². The largest absolute Gasteiger partial charge is 0.355 e. The molecule has 0 aliphatic rings. The number of hydrogen-bond acceptors (Lipinski definition) is 5. The van der Waals surface area contributed by atoms with Gasteiger partial charge in [-0.15, -0.1) is 0 Å². The average Bonchev–Trinajstić information content (AvgIpc) is 2.76. The van der Waals surface area contributed by atoms with Crippen molar-refractivity contribution in [2.45, 2.75) is 31.1 Å². The van der Waals surface area contributed by atoms with Crippen LogP contribution >= 0.6 is 0 Å². The molecule has 0 aliphatic heterocycles. The van der Waals surface area contributed by atoms with E-state index in [1.165, 1.54) is 17.0 Å². The molecule has 0 saturated carbocycles. The van der Waals surface area contributed by atoms with Gasteiger partial charge in [-0.25, -0.2) is 13.1 Å². The lowest BCUT2D eigenvalue weighted by molar-refractivity contribution is -0.125. The molecule has 0 heterocycles. The molecule has 2 N–H and O–H groups in total. The van der Waals surface area contributed by atoms with Crippen LogP contribution in [0.15, 0.2) is 59.5 Å². The second kappa shape index (κ2) is 11.8. The van der Waals surface area contributed by atoms with Gasteiger partial charge in [-0.3, -0.25) is 9.59 Å². The van der Waals surface area contributed by atoms with Crippen molar-refractivity contribution in [3.63, 3.8) is 0 Å². The summed E-state index contributed by atoms with van der Waals surface area (Å²) in [6.07, 6.45) is 0.147. The van der Waals surface area contributed by atoms with Gasteiger partial charge < -0.3 is 10.2 Å². The van der Waals surface area contributed by atoms with E-state index in [1.54, 1.807) is 36.4 Å². The SMILES string of the molecule is Cc1ccc(S(=O)(=O)NCCNC(=O)CCC(=O)N(CCC#N)c2ccccc2)cc1. The van der Waals surface area contributed by atoms with Gasteiger partial charge in [0, 0.05) is 38.2 Å². The standard InChI is InChI=1S/C22H26N4O4S/c1-18-8-10-20(11-9-18)31(29,30)25-16-15-24-21(27)12-13-22(28)26(17-5-14-23)19-6-3-2-4-7-19/h2-4,6-11,25H,5,12-13,15-17H2,1H3,(H,24,27). The third kappa shape index (κ3) is 7.85. The van der Waals surface area contributed by atoms with Crippen molar-refractivity contribution >= 4 is 27.5 Å². The van der Waals surface area contributed by atoms with Crippen LogP contribution in [0.3, 0.4) is 0 Å². The number of nitrogens with zero attached hydrogens (tertiary/aromatic N) is 2. The van der Waals surface area contributed by atoms with Crippen LogP contribution < -0.4 is 14.9 Å². The van der Waals surface area contributed by atoms with Crippen molar-refractivity contribution in [2.24, 2.45) is 0 Å². The summed E-state index contributed by atoms with van der Waals surface area (Å²) in [7, 11) is -3.64. The van der Waals surface area contributed by atoms with E-state index in [0.29, 0.717) is 5.69 Å². The van der Waals surface area contributed by atoms with E-state index in [9.17, 15) is 18.0 Å². The van der Waals surface area contributed by atoms with Crippen molar-refractivity contribution in [2.75, 3.05) is 24.5 Å². The quantitative estimate of drug-likeness (QED) is 0.517. The van der Waals surface area contributed by atoms with Crippen LogP contribution in [0.5, 0.6) is 0 Å². The Labute approximate surface area is 182 Å². The van der Waals surface area contributed by atoms with E-state index in [0.717, 1.165) is 5.56 Å². The molecule has 0 unspecified atom stereocenters. The Balaban J connectivity index is 1.77. The fourth-order valence-electron chi connectivity index (χ4n) is 2.80. The highest BCUT2D eigenvalue weighted by Gasteiger charge is 2.17. The third-order valence-electron chi connectivity index (χ3n) is 4.45. The molecule has 0 aromatic heterocycles. The zero-order valence-electron chi connectivity index (χ0n) is 17.4. The Morgan fingerprint density at radius 1 is 1.00 bits per heavy atom. The first-order valence-electron chi connectivity index (χ1n) is 9.89. The summed E-state index contributed by atoms with van der Waals surface area (Å²) < 4.78 is 26.8. The summed E-state index contributed by atoms with van der Waals surface area (Å²) in [5, 5.41) is 11.4. The van der Waals surface area contributed by atoms with Crippen LogP contribution in [0.2, 0.25) is 0 Å². The third-order valence-corrected chi connectivity index (χ3v) is 5.93. The number of carbonyl (C=O) groups excluding carboxylic acids is 2. The number of aryl methyl sites for hydroxylation is 1. The van der Waals surface area contributed by atoms with Crippen LogP contribution in [0.25, 0.3) is 0 Å². The topological polar surface area (TPSA) is 119 Å². The fourth-order valence-corrected chi connectivity index (χ4v) is 3.83. The minimum absolute atomic E-state index is 0.0126. The number of sulfonamides is 1. The van der Waals surface area contributed by atoms with Crippen molar-refractivity contribution in [3.05, 3.63) is 60.2 Å². The van der Waals surface area contributed by atoms with E-state index < -0.39 is 10.0 Å². The van der Waals surface area contributed by atoms with Crippen molar-refractivity contribution in [3.8, 4) is 6.07 Å². The molecule has 0 aliphatic carbocycles. The number of amides is 2. The molecule has 31 heavy (non-hydrogen) atoms. The molecular formula is C22H26N4O4S. The van der Waals surface area contributed by atoms with E-state index in [2.05, 4.69) is 10.0 Å². The first kappa shape index (κ1) is 24.1. The van der Waals surface area contributed by atoms with Gasteiger partial charge in [0.1, 0.15) is 0 Å². The number of benzene rings is 2. The average molecular weight is 443 g/mol. The predicted octanol–water partition coefficient (Wildman–Crippen LogP) is 2.12. The highest BCUT2D eigenvalue weighted by atomic mass is 32.2. The number of nitrogens with one attached hydrogen (secondary N) is 2. The molecular weight excluding hydrogens is 416 g/mol. The van der Waals surface area contributed by atoms with Crippen molar-refractivity contribution in [1.82, 2.24) is 10.0 Å². The molecule has 0 radical (unpaired) electrons. The molecule has 0 fully saturated rings. The normalized spacial score (nSPS) is 10.8. The number of carbonyl (C=O) groups is 2. The molecule has 0 bridgehead atoms. The first-order valence-corrected chi connectivity index (χ1v) is 11.4. The maximum atomic E-state index is 12.5. The predicted molar refractivity (Wildman–Crippen MR) is 118 cm³/mol. The molecule has 2 aromatic rings. The number of hydrogen-bond donors (Lipinski definition) is 2. The van der Waals surface area contributed by atoms with E-state index in [-0.39, 0.29) is 55.6 Å². The van der Waals surface area contributed by atoms with Crippen LogP contribution in [-0.2, 0) is 19.6 Å². The maximum Gasteiger partial charge on any atom is 0.240 e. The molecule has 2 amide bonds. The van der Waals surface area contributed by atoms with Crippen molar-refractivity contribution < 1.29 is 18.0 Å². The smallest absolute Gasteiger partial charge is 0.240 e.